The van der Waals surface area contributed by atoms with Crippen molar-refractivity contribution in [3.05, 3.63) is 25.3 Å². The molecule has 1 aliphatic carbocycles. The number of hydrogen-bond donors (Lipinski definition) is 0. The number of hydrogen-bond acceptors (Lipinski definition) is 3. The Hall–Kier alpha value is -1.38. The van der Waals surface area contributed by atoms with Crippen molar-refractivity contribution in [1.82, 2.24) is 0 Å². The van der Waals surface area contributed by atoms with Gasteiger partial charge in [0.25, 0.3) is 0 Å². The third-order valence-electron chi connectivity index (χ3n) is 4.38. The zero-order chi connectivity index (χ0) is 14.5. The second-order valence-corrected chi connectivity index (χ2v) is 5.47. The Morgan fingerprint density at radius 1 is 1.53 bits per heavy atom. The summed E-state index contributed by atoms with van der Waals surface area (Å²) in [7, 11) is 1.41. The van der Waals surface area contributed by atoms with Crippen LogP contribution in [-0.4, -0.2) is 18.9 Å². The maximum atomic E-state index is 12.2. The quantitative estimate of drug-likeness (QED) is 0.523. The van der Waals surface area contributed by atoms with Gasteiger partial charge in [0.2, 0.25) is 0 Å². The lowest BCUT2D eigenvalue weighted by atomic mass is 9.69. The van der Waals surface area contributed by atoms with Crippen molar-refractivity contribution in [2.75, 3.05) is 7.11 Å². The SMILES string of the molecule is C=CCC[C@H](C(=O)OC)[C@H]1CCC(=O)[C@]1(C)CC=C. The Bertz CT molecular complexity index is 372. The first-order chi connectivity index (χ1) is 9.01. The Balaban J connectivity index is 2.99. The van der Waals surface area contributed by atoms with Crippen molar-refractivity contribution in [3.8, 4) is 0 Å². The van der Waals surface area contributed by atoms with Gasteiger partial charge < -0.3 is 4.74 Å². The van der Waals surface area contributed by atoms with Gasteiger partial charge in [0.05, 0.1) is 13.0 Å². The van der Waals surface area contributed by atoms with Crippen molar-refractivity contribution in [2.45, 2.75) is 39.0 Å². The van der Waals surface area contributed by atoms with Crippen LogP contribution in [0.15, 0.2) is 25.3 Å². The molecule has 0 saturated heterocycles. The van der Waals surface area contributed by atoms with Gasteiger partial charge in [0, 0.05) is 11.8 Å². The molecule has 0 bridgehead atoms. The molecule has 1 fully saturated rings. The summed E-state index contributed by atoms with van der Waals surface area (Å²) in [5, 5.41) is 0. The lowest BCUT2D eigenvalue weighted by Gasteiger charge is -2.33. The monoisotopic (exact) mass is 264 g/mol. The molecule has 0 aromatic rings. The van der Waals surface area contributed by atoms with Crippen LogP contribution in [0.2, 0.25) is 0 Å². The predicted octanol–water partition coefficient (Wildman–Crippen LogP) is 3.30. The van der Waals surface area contributed by atoms with Gasteiger partial charge in [0.1, 0.15) is 5.78 Å². The number of carbonyl (C=O) groups excluding carboxylic acids is 2. The maximum absolute atomic E-state index is 12.2. The highest BCUT2D eigenvalue weighted by atomic mass is 16.5. The van der Waals surface area contributed by atoms with Gasteiger partial charge in [0.15, 0.2) is 0 Å². The summed E-state index contributed by atoms with van der Waals surface area (Å²) in [4.78, 5) is 24.2. The van der Waals surface area contributed by atoms with Crippen molar-refractivity contribution in [3.63, 3.8) is 0 Å². The van der Waals surface area contributed by atoms with Crippen LogP contribution in [0.3, 0.4) is 0 Å². The molecule has 0 heterocycles. The minimum Gasteiger partial charge on any atom is -0.469 e. The Morgan fingerprint density at radius 3 is 2.74 bits per heavy atom. The van der Waals surface area contributed by atoms with E-state index in [4.69, 9.17) is 4.74 Å². The number of Topliss-reactive ketones (excluding diaryl/α,β-unsaturated/α-hetero) is 1. The molecule has 3 heteroatoms. The lowest BCUT2D eigenvalue weighted by Crippen LogP contribution is -2.37. The molecule has 0 aromatic heterocycles. The molecule has 1 rings (SSSR count). The predicted molar refractivity (Wildman–Crippen MR) is 75.6 cm³/mol. The van der Waals surface area contributed by atoms with E-state index in [0.717, 1.165) is 12.8 Å². The fourth-order valence-electron chi connectivity index (χ4n) is 3.24. The zero-order valence-corrected chi connectivity index (χ0v) is 12.0. The highest BCUT2D eigenvalue weighted by molar-refractivity contribution is 5.88. The lowest BCUT2D eigenvalue weighted by molar-refractivity contribution is -0.149. The summed E-state index contributed by atoms with van der Waals surface area (Å²) in [5.41, 5.74) is -0.470. The number of allylic oxidation sites excluding steroid dienone is 2. The second kappa shape index (κ2) is 6.69. The van der Waals surface area contributed by atoms with E-state index in [0.29, 0.717) is 19.3 Å². The summed E-state index contributed by atoms with van der Waals surface area (Å²) in [6.45, 7) is 9.39. The van der Waals surface area contributed by atoms with Crippen LogP contribution in [0.5, 0.6) is 0 Å². The average molecular weight is 264 g/mol. The van der Waals surface area contributed by atoms with Gasteiger partial charge in [-0.2, -0.15) is 0 Å². The van der Waals surface area contributed by atoms with Gasteiger partial charge in [-0.05, 0) is 31.6 Å². The minimum absolute atomic E-state index is 0.0467. The third kappa shape index (κ3) is 3.14. The van der Waals surface area contributed by atoms with Gasteiger partial charge in [-0.15, -0.1) is 13.2 Å². The van der Waals surface area contributed by atoms with Crippen LogP contribution < -0.4 is 0 Å². The molecule has 106 valence electrons. The van der Waals surface area contributed by atoms with E-state index in [2.05, 4.69) is 13.2 Å². The van der Waals surface area contributed by atoms with E-state index in [1.54, 1.807) is 12.2 Å². The third-order valence-corrected chi connectivity index (χ3v) is 4.38. The fourth-order valence-corrected chi connectivity index (χ4v) is 3.24. The molecule has 0 spiro atoms. The first-order valence-electron chi connectivity index (χ1n) is 6.84. The van der Waals surface area contributed by atoms with E-state index < -0.39 is 5.41 Å². The molecule has 0 aromatic carbocycles. The zero-order valence-electron chi connectivity index (χ0n) is 12.0. The molecular formula is C16H24O3. The number of rotatable bonds is 7. The van der Waals surface area contributed by atoms with E-state index in [1.165, 1.54) is 7.11 Å². The molecule has 0 radical (unpaired) electrons. The van der Waals surface area contributed by atoms with Gasteiger partial charge in [-0.3, -0.25) is 9.59 Å². The van der Waals surface area contributed by atoms with E-state index >= 15 is 0 Å². The molecule has 0 aliphatic heterocycles. The summed E-state index contributed by atoms with van der Waals surface area (Å²) < 4.78 is 4.92. The molecule has 1 aliphatic rings. The second-order valence-electron chi connectivity index (χ2n) is 5.47. The van der Waals surface area contributed by atoms with Gasteiger partial charge in [-0.25, -0.2) is 0 Å². The molecule has 19 heavy (non-hydrogen) atoms. The standard InChI is InChI=1S/C16H24O3/c1-5-7-8-12(15(18)19-4)13-9-10-14(17)16(13,3)11-6-2/h5-6,12-13H,1-2,7-11H2,3-4H3/t12-,13+,16+/m0/s1. The number of methoxy groups -OCH3 is 1. The largest absolute Gasteiger partial charge is 0.469 e. The smallest absolute Gasteiger partial charge is 0.308 e. The van der Waals surface area contributed by atoms with Crippen LogP contribution in [0.25, 0.3) is 0 Å². The first-order valence-corrected chi connectivity index (χ1v) is 6.84. The fraction of sp³-hybridized carbons (Fsp3) is 0.625. The van der Waals surface area contributed by atoms with E-state index in [-0.39, 0.29) is 23.6 Å². The van der Waals surface area contributed by atoms with Crippen molar-refractivity contribution in [1.29, 1.82) is 0 Å². The minimum atomic E-state index is -0.470. The average Bonchev–Trinajstić information content (AvgIpc) is 2.67. The van der Waals surface area contributed by atoms with Crippen LogP contribution >= 0.6 is 0 Å². The molecule has 1 saturated carbocycles. The Morgan fingerprint density at radius 2 is 2.21 bits per heavy atom. The van der Waals surface area contributed by atoms with E-state index in [1.807, 2.05) is 6.92 Å². The topological polar surface area (TPSA) is 43.4 Å². The van der Waals surface area contributed by atoms with Crippen LogP contribution in [0.4, 0.5) is 0 Å². The summed E-state index contributed by atoms with van der Waals surface area (Å²) in [6.07, 6.45) is 6.97. The summed E-state index contributed by atoms with van der Waals surface area (Å²) in [6, 6.07) is 0. The van der Waals surface area contributed by atoms with Crippen LogP contribution in [-0.2, 0) is 14.3 Å². The number of ketones is 1. The van der Waals surface area contributed by atoms with Gasteiger partial charge in [-0.1, -0.05) is 19.1 Å². The highest BCUT2D eigenvalue weighted by Crippen LogP contribution is 2.48. The molecule has 0 amide bonds. The van der Waals surface area contributed by atoms with E-state index in [9.17, 15) is 9.59 Å². The van der Waals surface area contributed by atoms with Crippen LogP contribution in [0.1, 0.15) is 39.0 Å². The van der Waals surface area contributed by atoms with Crippen molar-refractivity contribution < 1.29 is 14.3 Å². The summed E-state index contributed by atoms with van der Waals surface area (Å²) in [5.74, 6) is -0.147. The number of ether oxygens (including phenoxy) is 1. The van der Waals surface area contributed by atoms with Crippen molar-refractivity contribution >= 4 is 11.8 Å². The molecular weight excluding hydrogens is 240 g/mol. The normalized spacial score (nSPS) is 27.9. The number of carbonyl (C=O) groups is 2. The Kier molecular flexibility index (Phi) is 5.52. The molecule has 0 N–H and O–H groups in total. The Labute approximate surface area is 115 Å². The molecule has 3 atom stereocenters. The van der Waals surface area contributed by atoms with Gasteiger partial charge >= 0.3 is 5.97 Å². The molecule has 3 nitrogen and oxygen atoms in total. The highest BCUT2D eigenvalue weighted by Gasteiger charge is 2.50. The number of esters is 1. The maximum Gasteiger partial charge on any atom is 0.308 e. The summed E-state index contributed by atoms with van der Waals surface area (Å²) >= 11 is 0. The molecule has 0 unspecified atom stereocenters. The van der Waals surface area contributed by atoms with Crippen LogP contribution in [0, 0.1) is 17.3 Å². The van der Waals surface area contributed by atoms with Crippen molar-refractivity contribution in [2.24, 2.45) is 17.3 Å². The first kappa shape index (κ1) is 15.7.